The third-order valence-corrected chi connectivity index (χ3v) is 2.05. The minimum Gasteiger partial charge on any atom is -0.355 e. The van der Waals surface area contributed by atoms with Crippen LogP contribution in [0.3, 0.4) is 0 Å². The predicted octanol–water partition coefficient (Wildman–Crippen LogP) is 1.52. The molecule has 13 heavy (non-hydrogen) atoms. The summed E-state index contributed by atoms with van der Waals surface area (Å²) >= 11 is 0. The molecule has 0 radical (unpaired) electrons. The molecule has 1 unspecified atom stereocenters. The second kappa shape index (κ2) is 6.63. The summed E-state index contributed by atoms with van der Waals surface area (Å²) < 4.78 is 0. The van der Waals surface area contributed by atoms with Crippen LogP contribution in [-0.2, 0) is 9.59 Å². The molecule has 0 aromatic carbocycles. The van der Waals surface area contributed by atoms with Crippen molar-refractivity contribution in [3.8, 4) is 0 Å². The fraction of sp³-hybridized carbons (Fsp3) is 0.800. The van der Waals surface area contributed by atoms with E-state index in [1.807, 2.05) is 0 Å². The van der Waals surface area contributed by atoms with Gasteiger partial charge in [0.15, 0.2) is 0 Å². The molecule has 0 aliphatic carbocycles. The molecular weight excluding hydrogens is 166 g/mol. The lowest BCUT2D eigenvalue weighted by Crippen LogP contribution is -2.33. The van der Waals surface area contributed by atoms with Gasteiger partial charge < -0.3 is 5.32 Å². The molecule has 0 aliphatic rings. The van der Waals surface area contributed by atoms with E-state index in [4.69, 9.17) is 0 Å². The minimum absolute atomic E-state index is 0.00833. The lowest BCUT2D eigenvalue weighted by Gasteiger charge is -2.09. The Bertz CT molecular complexity index is 178. The SMILES string of the molecule is CCCCNC(=O)C(C)C(=O)CC. The number of carbonyl (C=O) groups excluding carboxylic acids is 2. The molecule has 0 fully saturated rings. The first kappa shape index (κ1) is 12.1. The summed E-state index contributed by atoms with van der Waals surface area (Å²) in [6.07, 6.45) is 2.46. The number of carbonyl (C=O) groups is 2. The van der Waals surface area contributed by atoms with Crippen LogP contribution in [0, 0.1) is 5.92 Å². The van der Waals surface area contributed by atoms with Gasteiger partial charge in [-0.1, -0.05) is 20.3 Å². The van der Waals surface area contributed by atoms with Gasteiger partial charge in [0.05, 0.1) is 5.92 Å². The Hall–Kier alpha value is -0.860. The first-order valence-corrected chi connectivity index (χ1v) is 4.93. The largest absolute Gasteiger partial charge is 0.355 e. The molecule has 0 heterocycles. The molecule has 0 saturated heterocycles. The van der Waals surface area contributed by atoms with Crippen LogP contribution in [0.15, 0.2) is 0 Å². The van der Waals surface area contributed by atoms with Crippen LogP contribution >= 0.6 is 0 Å². The molecule has 1 atom stereocenters. The van der Waals surface area contributed by atoms with Gasteiger partial charge in [0.1, 0.15) is 5.78 Å². The predicted molar refractivity (Wildman–Crippen MR) is 52.4 cm³/mol. The van der Waals surface area contributed by atoms with E-state index in [0.29, 0.717) is 13.0 Å². The molecule has 3 nitrogen and oxygen atoms in total. The molecule has 76 valence electrons. The molecule has 0 aromatic heterocycles. The van der Waals surface area contributed by atoms with Gasteiger partial charge in [0.2, 0.25) is 5.91 Å². The van der Waals surface area contributed by atoms with Crippen molar-refractivity contribution in [1.29, 1.82) is 0 Å². The van der Waals surface area contributed by atoms with E-state index in [2.05, 4.69) is 12.2 Å². The Morgan fingerprint density at radius 1 is 1.31 bits per heavy atom. The number of Topliss-reactive ketones (excluding diaryl/α,β-unsaturated/α-hetero) is 1. The Morgan fingerprint density at radius 3 is 2.38 bits per heavy atom. The molecule has 1 amide bonds. The summed E-state index contributed by atoms with van der Waals surface area (Å²) in [5.41, 5.74) is 0. The number of rotatable bonds is 6. The average Bonchev–Trinajstić information content (AvgIpc) is 2.15. The second-order valence-electron chi connectivity index (χ2n) is 3.19. The summed E-state index contributed by atoms with van der Waals surface area (Å²) in [6, 6.07) is 0. The number of hydrogen-bond donors (Lipinski definition) is 1. The third-order valence-electron chi connectivity index (χ3n) is 2.05. The van der Waals surface area contributed by atoms with Crippen molar-refractivity contribution in [1.82, 2.24) is 5.32 Å². The van der Waals surface area contributed by atoms with E-state index < -0.39 is 5.92 Å². The summed E-state index contributed by atoms with van der Waals surface area (Å²) in [6.45, 7) is 6.18. The Labute approximate surface area is 79.9 Å². The summed E-state index contributed by atoms with van der Waals surface area (Å²) in [7, 11) is 0. The number of unbranched alkanes of at least 4 members (excludes halogenated alkanes) is 1. The van der Waals surface area contributed by atoms with Crippen LogP contribution in [0.4, 0.5) is 0 Å². The van der Waals surface area contributed by atoms with Gasteiger partial charge in [-0.05, 0) is 13.3 Å². The maximum Gasteiger partial charge on any atom is 0.230 e. The van der Waals surface area contributed by atoms with Crippen LogP contribution in [0.25, 0.3) is 0 Å². The lowest BCUT2D eigenvalue weighted by molar-refractivity contribution is -0.133. The number of amides is 1. The van der Waals surface area contributed by atoms with Gasteiger partial charge in [-0.3, -0.25) is 9.59 Å². The van der Waals surface area contributed by atoms with E-state index >= 15 is 0 Å². The highest BCUT2D eigenvalue weighted by molar-refractivity contribution is 6.00. The smallest absolute Gasteiger partial charge is 0.230 e. The van der Waals surface area contributed by atoms with Gasteiger partial charge >= 0.3 is 0 Å². The molecular formula is C10H19NO2. The number of nitrogens with one attached hydrogen (secondary N) is 1. The molecule has 0 rings (SSSR count). The zero-order chi connectivity index (χ0) is 10.3. The van der Waals surface area contributed by atoms with Crippen LogP contribution in [-0.4, -0.2) is 18.2 Å². The highest BCUT2D eigenvalue weighted by Gasteiger charge is 2.18. The number of hydrogen-bond acceptors (Lipinski definition) is 2. The van der Waals surface area contributed by atoms with Crippen LogP contribution in [0.5, 0.6) is 0 Å². The quantitative estimate of drug-likeness (QED) is 0.503. The maximum atomic E-state index is 11.3. The number of ketones is 1. The van der Waals surface area contributed by atoms with Crippen molar-refractivity contribution in [2.24, 2.45) is 5.92 Å². The van der Waals surface area contributed by atoms with E-state index in [1.165, 1.54) is 0 Å². The third kappa shape index (κ3) is 4.65. The molecule has 1 N–H and O–H groups in total. The Kier molecular flexibility index (Phi) is 6.20. The van der Waals surface area contributed by atoms with Crippen molar-refractivity contribution in [3.63, 3.8) is 0 Å². The fourth-order valence-electron chi connectivity index (χ4n) is 0.994. The molecule has 0 aliphatic heterocycles. The van der Waals surface area contributed by atoms with Crippen LogP contribution < -0.4 is 5.32 Å². The lowest BCUT2D eigenvalue weighted by atomic mass is 10.0. The van der Waals surface area contributed by atoms with Crippen molar-refractivity contribution in [3.05, 3.63) is 0 Å². The summed E-state index contributed by atoms with van der Waals surface area (Å²) in [5.74, 6) is -0.615. The van der Waals surface area contributed by atoms with Crippen molar-refractivity contribution < 1.29 is 9.59 Å². The topological polar surface area (TPSA) is 46.2 Å². The molecule has 0 bridgehead atoms. The maximum absolute atomic E-state index is 11.3. The van der Waals surface area contributed by atoms with Crippen molar-refractivity contribution >= 4 is 11.7 Å². The van der Waals surface area contributed by atoms with E-state index in [-0.39, 0.29) is 11.7 Å². The monoisotopic (exact) mass is 185 g/mol. The van der Waals surface area contributed by atoms with Gasteiger partial charge in [-0.2, -0.15) is 0 Å². The molecule has 0 spiro atoms. The van der Waals surface area contributed by atoms with Gasteiger partial charge in [-0.25, -0.2) is 0 Å². The first-order valence-electron chi connectivity index (χ1n) is 4.93. The standard InChI is InChI=1S/C10H19NO2/c1-4-6-7-11-10(13)8(3)9(12)5-2/h8H,4-7H2,1-3H3,(H,11,13). The summed E-state index contributed by atoms with van der Waals surface area (Å²) in [5, 5.41) is 2.74. The second-order valence-corrected chi connectivity index (χ2v) is 3.19. The zero-order valence-corrected chi connectivity index (χ0v) is 8.72. The van der Waals surface area contributed by atoms with Crippen molar-refractivity contribution in [2.45, 2.75) is 40.0 Å². The van der Waals surface area contributed by atoms with Gasteiger partial charge in [-0.15, -0.1) is 0 Å². The zero-order valence-electron chi connectivity index (χ0n) is 8.72. The van der Waals surface area contributed by atoms with E-state index in [9.17, 15) is 9.59 Å². The average molecular weight is 185 g/mol. The molecule has 0 aromatic rings. The van der Waals surface area contributed by atoms with Gasteiger partial charge in [0.25, 0.3) is 0 Å². The normalized spacial score (nSPS) is 12.2. The van der Waals surface area contributed by atoms with Crippen LogP contribution in [0.1, 0.15) is 40.0 Å². The fourth-order valence-corrected chi connectivity index (χ4v) is 0.994. The first-order chi connectivity index (χ1) is 6.13. The van der Waals surface area contributed by atoms with Crippen molar-refractivity contribution in [2.75, 3.05) is 6.54 Å². The molecule has 0 saturated carbocycles. The van der Waals surface area contributed by atoms with Gasteiger partial charge in [0, 0.05) is 13.0 Å². The molecule has 3 heteroatoms. The Morgan fingerprint density at radius 2 is 1.92 bits per heavy atom. The Balaban J connectivity index is 3.76. The highest BCUT2D eigenvalue weighted by atomic mass is 16.2. The minimum atomic E-state index is -0.484. The van der Waals surface area contributed by atoms with E-state index in [0.717, 1.165) is 12.8 Å². The van der Waals surface area contributed by atoms with Crippen LogP contribution in [0.2, 0.25) is 0 Å². The highest BCUT2D eigenvalue weighted by Crippen LogP contribution is 2.00. The van der Waals surface area contributed by atoms with E-state index in [1.54, 1.807) is 13.8 Å². The summed E-state index contributed by atoms with van der Waals surface area (Å²) in [4.78, 5) is 22.4.